The van der Waals surface area contributed by atoms with E-state index in [0.29, 0.717) is 6.61 Å². The van der Waals surface area contributed by atoms with Crippen LogP contribution in [0.2, 0.25) is 0 Å². The van der Waals surface area contributed by atoms with Gasteiger partial charge < -0.3 is 9.47 Å². The van der Waals surface area contributed by atoms with E-state index in [1.807, 2.05) is 12.1 Å². The van der Waals surface area contributed by atoms with Gasteiger partial charge in [-0.1, -0.05) is 18.2 Å². The molecule has 1 aromatic rings. The molecule has 1 heterocycles. The molecule has 0 saturated carbocycles. The van der Waals surface area contributed by atoms with Gasteiger partial charge in [-0.15, -0.1) is 0 Å². The summed E-state index contributed by atoms with van der Waals surface area (Å²) in [4.78, 5) is 9.82. The molecule has 0 bridgehead atoms. The molecular formula is C13H18O3. The van der Waals surface area contributed by atoms with Crippen LogP contribution in [-0.4, -0.2) is 19.2 Å². The fraction of sp³-hybridized carbons (Fsp3) is 0.462. The number of carbonyl (C=O) groups excluding carboxylic acids is 1. The normalized spacial score (nSPS) is 12.6. The summed E-state index contributed by atoms with van der Waals surface area (Å²) in [6.45, 7) is 4.54. The standard InChI is InChI=1S/C9H10O.C4H8O2/c1-2-6-9-8(4-1)5-3-7-10-9;1-3-6-4(2)5/h1-2,4,6H,3,5,7H2;3H2,1-2H3. The zero-order valence-electron chi connectivity index (χ0n) is 9.86. The molecule has 0 unspecified atom stereocenters. The lowest BCUT2D eigenvalue weighted by Crippen LogP contribution is -2.07. The number of hydrogen-bond donors (Lipinski definition) is 0. The second kappa shape index (κ2) is 6.88. The van der Waals surface area contributed by atoms with E-state index >= 15 is 0 Å². The number of benzene rings is 1. The molecule has 0 N–H and O–H groups in total. The van der Waals surface area contributed by atoms with Crippen molar-refractivity contribution in [3.63, 3.8) is 0 Å². The lowest BCUT2D eigenvalue weighted by atomic mass is 10.1. The first kappa shape index (κ1) is 12.6. The maximum Gasteiger partial charge on any atom is 0.302 e. The van der Waals surface area contributed by atoms with Crippen LogP contribution in [0.3, 0.4) is 0 Å². The van der Waals surface area contributed by atoms with Crippen molar-refractivity contribution in [2.45, 2.75) is 26.7 Å². The van der Waals surface area contributed by atoms with Crippen LogP contribution in [-0.2, 0) is 16.0 Å². The first-order valence-electron chi connectivity index (χ1n) is 5.58. The Morgan fingerprint density at radius 2 is 2.19 bits per heavy atom. The molecule has 0 amide bonds. The van der Waals surface area contributed by atoms with E-state index in [-0.39, 0.29) is 5.97 Å². The highest BCUT2D eigenvalue weighted by molar-refractivity contribution is 5.65. The molecule has 88 valence electrons. The molecule has 1 aromatic carbocycles. The van der Waals surface area contributed by atoms with Gasteiger partial charge in [0.1, 0.15) is 5.75 Å². The van der Waals surface area contributed by atoms with Crippen LogP contribution >= 0.6 is 0 Å². The maximum atomic E-state index is 9.82. The zero-order valence-corrected chi connectivity index (χ0v) is 9.86. The van der Waals surface area contributed by atoms with Crippen LogP contribution < -0.4 is 4.74 Å². The van der Waals surface area contributed by atoms with Crippen LogP contribution in [0, 0.1) is 0 Å². The Balaban J connectivity index is 0.000000187. The number of hydrogen-bond acceptors (Lipinski definition) is 3. The van der Waals surface area contributed by atoms with Gasteiger partial charge in [-0.2, -0.15) is 0 Å². The van der Waals surface area contributed by atoms with Crippen molar-refractivity contribution in [3.8, 4) is 5.75 Å². The van der Waals surface area contributed by atoms with Gasteiger partial charge in [-0.3, -0.25) is 4.79 Å². The Kier molecular flexibility index (Phi) is 5.40. The Morgan fingerprint density at radius 3 is 2.75 bits per heavy atom. The monoisotopic (exact) mass is 222 g/mol. The lowest BCUT2D eigenvalue weighted by Gasteiger charge is -2.15. The highest BCUT2D eigenvalue weighted by Gasteiger charge is 2.06. The van der Waals surface area contributed by atoms with Crippen molar-refractivity contribution in [3.05, 3.63) is 29.8 Å². The van der Waals surface area contributed by atoms with Crippen molar-refractivity contribution in [1.29, 1.82) is 0 Å². The molecular weight excluding hydrogens is 204 g/mol. The number of ether oxygens (including phenoxy) is 2. The van der Waals surface area contributed by atoms with E-state index in [4.69, 9.17) is 4.74 Å². The second-order valence-corrected chi connectivity index (χ2v) is 3.48. The van der Waals surface area contributed by atoms with Crippen molar-refractivity contribution in [1.82, 2.24) is 0 Å². The quantitative estimate of drug-likeness (QED) is 0.685. The number of fused-ring (bicyclic) bond motifs is 1. The van der Waals surface area contributed by atoms with Gasteiger partial charge in [0.05, 0.1) is 13.2 Å². The fourth-order valence-corrected chi connectivity index (χ4v) is 1.50. The number of carbonyl (C=O) groups is 1. The van der Waals surface area contributed by atoms with Gasteiger partial charge in [-0.05, 0) is 31.4 Å². The molecule has 0 aromatic heterocycles. The van der Waals surface area contributed by atoms with Crippen LogP contribution in [0.1, 0.15) is 25.8 Å². The molecule has 2 rings (SSSR count). The summed E-state index contributed by atoms with van der Waals surface area (Å²) in [5.74, 6) is 0.867. The molecule has 3 nitrogen and oxygen atoms in total. The molecule has 16 heavy (non-hydrogen) atoms. The van der Waals surface area contributed by atoms with Gasteiger partial charge in [0.15, 0.2) is 0 Å². The Labute approximate surface area is 96.4 Å². The average Bonchev–Trinajstić information content (AvgIpc) is 2.30. The summed E-state index contributed by atoms with van der Waals surface area (Å²) in [5, 5.41) is 0. The molecule has 0 saturated heterocycles. The van der Waals surface area contributed by atoms with Crippen molar-refractivity contribution in [2.24, 2.45) is 0 Å². The van der Waals surface area contributed by atoms with E-state index in [9.17, 15) is 4.79 Å². The third-order valence-corrected chi connectivity index (χ3v) is 2.17. The number of para-hydroxylation sites is 1. The maximum absolute atomic E-state index is 9.82. The van der Waals surface area contributed by atoms with Gasteiger partial charge in [0, 0.05) is 6.92 Å². The largest absolute Gasteiger partial charge is 0.493 e. The third-order valence-electron chi connectivity index (χ3n) is 2.17. The second-order valence-electron chi connectivity index (χ2n) is 3.48. The zero-order chi connectivity index (χ0) is 11.8. The SMILES string of the molecule is CCOC(C)=O.c1ccc2c(c1)CCCO2. The van der Waals surface area contributed by atoms with Gasteiger partial charge in [0.25, 0.3) is 0 Å². The molecule has 0 spiro atoms. The molecule has 1 aliphatic heterocycles. The Morgan fingerprint density at radius 1 is 1.44 bits per heavy atom. The summed E-state index contributed by atoms with van der Waals surface area (Å²) >= 11 is 0. The van der Waals surface area contributed by atoms with E-state index < -0.39 is 0 Å². The predicted molar refractivity (Wildman–Crippen MR) is 62.6 cm³/mol. The third kappa shape index (κ3) is 4.34. The topological polar surface area (TPSA) is 35.5 Å². The number of rotatable bonds is 1. The minimum Gasteiger partial charge on any atom is -0.493 e. The minimum absolute atomic E-state index is 0.211. The first-order valence-corrected chi connectivity index (χ1v) is 5.58. The summed E-state index contributed by atoms with van der Waals surface area (Å²) < 4.78 is 9.83. The Bertz CT molecular complexity index is 309. The van der Waals surface area contributed by atoms with Crippen molar-refractivity contribution in [2.75, 3.05) is 13.2 Å². The summed E-state index contributed by atoms with van der Waals surface area (Å²) in [7, 11) is 0. The molecule has 3 heteroatoms. The van der Waals surface area contributed by atoms with Crippen molar-refractivity contribution < 1.29 is 14.3 Å². The van der Waals surface area contributed by atoms with Gasteiger partial charge in [-0.25, -0.2) is 0 Å². The van der Waals surface area contributed by atoms with E-state index in [1.165, 1.54) is 18.9 Å². The highest BCUT2D eigenvalue weighted by atomic mass is 16.5. The van der Waals surface area contributed by atoms with Crippen LogP contribution in [0.15, 0.2) is 24.3 Å². The highest BCUT2D eigenvalue weighted by Crippen LogP contribution is 2.22. The van der Waals surface area contributed by atoms with Gasteiger partial charge in [0.2, 0.25) is 0 Å². The molecule has 0 fully saturated rings. The van der Waals surface area contributed by atoms with E-state index in [0.717, 1.165) is 18.8 Å². The van der Waals surface area contributed by atoms with Crippen LogP contribution in [0.4, 0.5) is 0 Å². The summed E-state index contributed by atoms with van der Waals surface area (Å²) in [6, 6.07) is 8.25. The minimum atomic E-state index is -0.211. The van der Waals surface area contributed by atoms with Crippen LogP contribution in [0.25, 0.3) is 0 Å². The van der Waals surface area contributed by atoms with Crippen molar-refractivity contribution >= 4 is 5.97 Å². The summed E-state index contributed by atoms with van der Waals surface area (Å²) in [5.41, 5.74) is 1.36. The van der Waals surface area contributed by atoms with E-state index in [1.54, 1.807) is 6.92 Å². The molecule has 0 aliphatic carbocycles. The smallest absolute Gasteiger partial charge is 0.302 e. The number of aryl methyl sites for hydroxylation is 1. The molecule has 0 radical (unpaired) electrons. The first-order chi connectivity index (χ1) is 7.74. The molecule has 0 atom stereocenters. The lowest BCUT2D eigenvalue weighted by molar-refractivity contribution is -0.140. The van der Waals surface area contributed by atoms with Crippen LogP contribution in [0.5, 0.6) is 5.75 Å². The summed E-state index contributed by atoms with van der Waals surface area (Å²) in [6.07, 6.45) is 2.34. The predicted octanol–water partition coefficient (Wildman–Crippen LogP) is 2.58. The molecule has 1 aliphatic rings. The number of esters is 1. The average molecular weight is 222 g/mol. The fourth-order valence-electron chi connectivity index (χ4n) is 1.50. The van der Waals surface area contributed by atoms with Gasteiger partial charge >= 0.3 is 5.97 Å². The van der Waals surface area contributed by atoms with E-state index in [2.05, 4.69) is 16.9 Å². The Hall–Kier alpha value is -1.51.